The van der Waals surface area contributed by atoms with Crippen LogP contribution in [0.4, 0.5) is 0 Å². The van der Waals surface area contributed by atoms with Gasteiger partial charge >= 0.3 is 51.4 Å². The summed E-state index contributed by atoms with van der Waals surface area (Å²) in [6.07, 6.45) is -1.08. The van der Waals surface area contributed by atoms with Gasteiger partial charge in [-0.25, -0.2) is 0 Å². The summed E-state index contributed by atoms with van der Waals surface area (Å²) in [5, 5.41) is 20.3. The third-order valence-electron chi connectivity index (χ3n) is 2.72. The van der Waals surface area contributed by atoms with Crippen molar-refractivity contribution in [3.05, 3.63) is 35.9 Å². The van der Waals surface area contributed by atoms with E-state index in [1.165, 1.54) is 14.0 Å². The standard InChI is InChI=1S/C13H17NO4.K/c1-9(15)12(16)14(2)11(13(17)18)8-10-6-4-3-5-7-10;/h3-7,9,11,15H,8H2,1-2H3,(H,17,18);/q;+1/p-1/t9-,11-;/m0./s1. The van der Waals surface area contributed by atoms with E-state index in [0.717, 1.165) is 10.5 Å². The van der Waals surface area contributed by atoms with Crippen molar-refractivity contribution in [2.45, 2.75) is 25.5 Å². The Morgan fingerprint density at radius 3 is 2.26 bits per heavy atom. The maximum Gasteiger partial charge on any atom is 1.00 e. The number of rotatable bonds is 5. The van der Waals surface area contributed by atoms with Crippen LogP contribution in [0.2, 0.25) is 0 Å². The Labute approximate surface area is 155 Å². The number of likely N-dealkylation sites (N-methyl/N-ethyl adjacent to an activating group) is 1. The van der Waals surface area contributed by atoms with E-state index in [-0.39, 0.29) is 57.8 Å². The van der Waals surface area contributed by atoms with Gasteiger partial charge in [0.15, 0.2) is 0 Å². The molecule has 0 saturated heterocycles. The maximum absolute atomic E-state index is 11.6. The molecule has 1 aromatic carbocycles. The second kappa shape index (κ2) is 8.83. The van der Waals surface area contributed by atoms with Crippen LogP contribution in [0.15, 0.2) is 30.3 Å². The van der Waals surface area contributed by atoms with Gasteiger partial charge in [0.1, 0.15) is 6.10 Å². The molecule has 5 nitrogen and oxygen atoms in total. The Hall–Kier alpha value is -0.244. The molecule has 19 heavy (non-hydrogen) atoms. The third-order valence-corrected chi connectivity index (χ3v) is 2.72. The van der Waals surface area contributed by atoms with Crippen molar-refractivity contribution in [3.8, 4) is 0 Å². The molecule has 0 unspecified atom stereocenters. The van der Waals surface area contributed by atoms with E-state index in [1.54, 1.807) is 24.3 Å². The molecule has 0 heterocycles. The first kappa shape index (κ1) is 18.8. The van der Waals surface area contributed by atoms with Gasteiger partial charge in [0, 0.05) is 7.05 Å². The molecule has 2 atom stereocenters. The van der Waals surface area contributed by atoms with E-state index < -0.39 is 24.0 Å². The number of carboxylic acid groups (broad SMARTS) is 1. The Kier molecular flexibility index (Phi) is 8.72. The number of carboxylic acids is 1. The molecule has 0 spiro atoms. The monoisotopic (exact) mass is 289 g/mol. The first-order chi connectivity index (χ1) is 8.43. The first-order valence-corrected chi connectivity index (χ1v) is 5.63. The molecule has 0 aliphatic heterocycles. The molecule has 1 N–H and O–H groups in total. The number of carbonyl (C=O) groups excluding carboxylic acids is 2. The zero-order valence-corrected chi connectivity index (χ0v) is 14.5. The summed E-state index contributed by atoms with van der Waals surface area (Å²) < 4.78 is 0. The van der Waals surface area contributed by atoms with Crippen LogP contribution in [-0.4, -0.2) is 41.1 Å². The van der Waals surface area contributed by atoms with Crippen molar-refractivity contribution < 1.29 is 71.2 Å². The molecule has 0 aliphatic carbocycles. The van der Waals surface area contributed by atoms with Crippen molar-refractivity contribution in [1.82, 2.24) is 4.90 Å². The van der Waals surface area contributed by atoms with Crippen LogP contribution in [0.1, 0.15) is 12.5 Å². The number of hydrogen-bond acceptors (Lipinski definition) is 4. The first-order valence-electron chi connectivity index (χ1n) is 5.63. The fraction of sp³-hybridized carbons (Fsp3) is 0.385. The number of benzene rings is 1. The van der Waals surface area contributed by atoms with Gasteiger partial charge in [-0.15, -0.1) is 0 Å². The van der Waals surface area contributed by atoms with E-state index in [9.17, 15) is 19.8 Å². The number of nitrogens with zero attached hydrogens (tertiary/aromatic N) is 1. The van der Waals surface area contributed by atoms with Crippen LogP contribution in [0.5, 0.6) is 0 Å². The molecular weight excluding hydrogens is 273 g/mol. The van der Waals surface area contributed by atoms with Crippen molar-refractivity contribution in [3.63, 3.8) is 0 Å². The van der Waals surface area contributed by atoms with Gasteiger partial charge in [-0.1, -0.05) is 30.3 Å². The largest absolute Gasteiger partial charge is 1.00 e. The SMILES string of the molecule is C[C@H](O)C(=O)N(C)[C@@H](Cc1ccccc1)C(=O)[O-].[K+]. The van der Waals surface area contributed by atoms with Gasteiger partial charge in [-0.3, -0.25) is 4.79 Å². The van der Waals surface area contributed by atoms with Crippen LogP contribution in [0.25, 0.3) is 0 Å². The van der Waals surface area contributed by atoms with E-state index in [0.29, 0.717) is 0 Å². The molecule has 0 aromatic heterocycles. The van der Waals surface area contributed by atoms with Gasteiger partial charge < -0.3 is 19.9 Å². The Morgan fingerprint density at radius 1 is 1.32 bits per heavy atom. The quantitative estimate of drug-likeness (QED) is 0.564. The second-order valence-electron chi connectivity index (χ2n) is 4.15. The molecule has 1 rings (SSSR count). The predicted molar refractivity (Wildman–Crippen MR) is 63.4 cm³/mol. The van der Waals surface area contributed by atoms with Crippen LogP contribution in [0.3, 0.4) is 0 Å². The molecular formula is C13H16KNO4. The Morgan fingerprint density at radius 2 is 1.84 bits per heavy atom. The van der Waals surface area contributed by atoms with E-state index in [1.807, 2.05) is 6.07 Å². The van der Waals surface area contributed by atoms with Gasteiger partial charge in [0.2, 0.25) is 0 Å². The van der Waals surface area contributed by atoms with E-state index >= 15 is 0 Å². The fourth-order valence-corrected chi connectivity index (χ4v) is 1.66. The van der Waals surface area contributed by atoms with Crippen molar-refractivity contribution in [2.24, 2.45) is 0 Å². The van der Waals surface area contributed by atoms with Crippen LogP contribution in [0, 0.1) is 0 Å². The summed E-state index contributed by atoms with van der Waals surface area (Å²) in [4.78, 5) is 23.7. The zero-order valence-electron chi connectivity index (χ0n) is 11.4. The van der Waals surface area contributed by atoms with Crippen molar-refractivity contribution >= 4 is 11.9 Å². The smallest absolute Gasteiger partial charge is 0.548 e. The number of aliphatic hydroxyl groups excluding tert-OH is 1. The second-order valence-corrected chi connectivity index (χ2v) is 4.15. The zero-order chi connectivity index (χ0) is 13.7. The number of amides is 1. The normalized spacial score (nSPS) is 13.0. The average Bonchev–Trinajstić information content (AvgIpc) is 2.35. The summed E-state index contributed by atoms with van der Waals surface area (Å²) in [6, 6.07) is 7.86. The Balaban J connectivity index is 0.00000324. The topological polar surface area (TPSA) is 80.7 Å². The number of aliphatic hydroxyl groups is 1. The number of carbonyl (C=O) groups is 2. The van der Waals surface area contributed by atoms with Crippen LogP contribution in [-0.2, 0) is 16.0 Å². The van der Waals surface area contributed by atoms with E-state index in [2.05, 4.69) is 0 Å². The molecule has 0 saturated carbocycles. The summed E-state index contributed by atoms with van der Waals surface area (Å²) in [6.45, 7) is 1.30. The number of hydrogen-bond donors (Lipinski definition) is 1. The van der Waals surface area contributed by atoms with Crippen LogP contribution >= 0.6 is 0 Å². The molecule has 98 valence electrons. The molecule has 0 radical (unpaired) electrons. The van der Waals surface area contributed by atoms with Gasteiger partial charge in [-0.2, -0.15) is 0 Å². The summed E-state index contributed by atoms with van der Waals surface area (Å²) >= 11 is 0. The van der Waals surface area contributed by atoms with Gasteiger partial charge in [0.25, 0.3) is 5.91 Å². The van der Waals surface area contributed by atoms with Crippen molar-refractivity contribution in [2.75, 3.05) is 7.05 Å². The molecule has 0 bridgehead atoms. The van der Waals surface area contributed by atoms with Gasteiger partial charge in [-0.05, 0) is 18.9 Å². The molecule has 1 aromatic rings. The molecule has 6 heteroatoms. The summed E-state index contributed by atoms with van der Waals surface area (Å²) in [5.41, 5.74) is 0.789. The number of aliphatic carboxylic acids is 1. The summed E-state index contributed by atoms with van der Waals surface area (Å²) in [5.74, 6) is -1.98. The molecule has 0 fully saturated rings. The minimum Gasteiger partial charge on any atom is -0.548 e. The third kappa shape index (κ3) is 5.72. The predicted octanol–water partition coefficient (Wildman–Crippen LogP) is -3.81. The van der Waals surface area contributed by atoms with Gasteiger partial charge in [0.05, 0.1) is 12.0 Å². The Bertz CT molecular complexity index is 422. The molecule has 0 aliphatic rings. The minimum atomic E-state index is -1.34. The van der Waals surface area contributed by atoms with E-state index in [4.69, 9.17) is 0 Å². The maximum atomic E-state index is 11.6. The summed E-state index contributed by atoms with van der Waals surface area (Å²) in [7, 11) is 1.35. The fourth-order valence-electron chi connectivity index (χ4n) is 1.66. The van der Waals surface area contributed by atoms with Crippen LogP contribution < -0.4 is 56.5 Å². The molecule has 1 amide bonds. The van der Waals surface area contributed by atoms with Crippen molar-refractivity contribution in [1.29, 1.82) is 0 Å². The average molecular weight is 289 g/mol. The minimum absolute atomic E-state index is 0.